The van der Waals surface area contributed by atoms with Crippen LogP contribution in [0.3, 0.4) is 0 Å². The van der Waals surface area contributed by atoms with Crippen LogP contribution in [0.15, 0.2) is 48.5 Å². The van der Waals surface area contributed by atoms with Crippen molar-refractivity contribution < 1.29 is 4.74 Å². The summed E-state index contributed by atoms with van der Waals surface area (Å²) in [7, 11) is 0. The molecule has 2 aromatic carbocycles. The lowest BCUT2D eigenvalue weighted by molar-refractivity contribution is 0.333. The molecule has 0 aliphatic rings. The number of anilines is 2. The standard InChI is InChI=1S/C15H15N3O/c16-11-12-3-1-2-4-15(12)18-9-10-19-14-7-5-13(17)6-8-14/h1-8,18H,9-10,17H2. The highest BCUT2D eigenvalue weighted by Gasteiger charge is 1.99. The van der Waals surface area contributed by atoms with Gasteiger partial charge in [-0.3, -0.25) is 0 Å². The Morgan fingerprint density at radius 3 is 2.58 bits per heavy atom. The van der Waals surface area contributed by atoms with E-state index in [1.807, 2.05) is 30.3 Å². The molecule has 0 unspecified atom stereocenters. The molecule has 0 atom stereocenters. The number of nitrogens with one attached hydrogen (secondary N) is 1. The smallest absolute Gasteiger partial charge is 0.119 e. The van der Waals surface area contributed by atoms with Crippen LogP contribution >= 0.6 is 0 Å². The van der Waals surface area contributed by atoms with Crippen LogP contribution in [0, 0.1) is 11.3 Å². The summed E-state index contributed by atoms with van der Waals surface area (Å²) >= 11 is 0. The Balaban J connectivity index is 1.81. The van der Waals surface area contributed by atoms with Crippen molar-refractivity contribution >= 4 is 11.4 Å². The number of para-hydroxylation sites is 1. The number of ether oxygens (including phenoxy) is 1. The molecule has 0 heterocycles. The van der Waals surface area contributed by atoms with E-state index >= 15 is 0 Å². The summed E-state index contributed by atoms with van der Waals surface area (Å²) in [5.41, 5.74) is 7.77. The van der Waals surface area contributed by atoms with E-state index in [0.717, 1.165) is 11.4 Å². The molecule has 3 N–H and O–H groups in total. The van der Waals surface area contributed by atoms with Gasteiger partial charge in [0.2, 0.25) is 0 Å². The average Bonchev–Trinajstić information content (AvgIpc) is 2.46. The molecule has 0 bridgehead atoms. The number of hydrogen-bond donors (Lipinski definition) is 2. The molecule has 0 spiro atoms. The lowest BCUT2D eigenvalue weighted by atomic mass is 10.2. The zero-order valence-electron chi connectivity index (χ0n) is 10.5. The summed E-state index contributed by atoms with van der Waals surface area (Å²) in [6.45, 7) is 1.15. The molecule has 2 aromatic rings. The fourth-order valence-electron chi connectivity index (χ4n) is 1.65. The van der Waals surface area contributed by atoms with Gasteiger partial charge in [0.05, 0.1) is 11.3 Å². The van der Waals surface area contributed by atoms with Gasteiger partial charge in [-0.25, -0.2) is 0 Å². The largest absolute Gasteiger partial charge is 0.492 e. The molecule has 0 saturated carbocycles. The van der Waals surface area contributed by atoms with Gasteiger partial charge in [0.15, 0.2) is 0 Å². The second-order valence-corrected chi connectivity index (χ2v) is 4.00. The van der Waals surface area contributed by atoms with Crippen LogP contribution in [0.4, 0.5) is 11.4 Å². The van der Waals surface area contributed by atoms with Crippen molar-refractivity contribution in [2.24, 2.45) is 0 Å². The third-order valence-corrected chi connectivity index (χ3v) is 2.61. The molecule has 4 heteroatoms. The van der Waals surface area contributed by atoms with Gasteiger partial charge in [0.25, 0.3) is 0 Å². The van der Waals surface area contributed by atoms with E-state index in [2.05, 4.69) is 11.4 Å². The molecule has 96 valence electrons. The van der Waals surface area contributed by atoms with E-state index in [-0.39, 0.29) is 0 Å². The number of hydrogen-bond acceptors (Lipinski definition) is 4. The maximum absolute atomic E-state index is 8.95. The summed E-state index contributed by atoms with van der Waals surface area (Å²) in [6, 6.07) is 16.8. The van der Waals surface area contributed by atoms with Crippen molar-refractivity contribution in [3.8, 4) is 11.8 Å². The topological polar surface area (TPSA) is 71.1 Å². The van der Waals surface area contributed by atoms with E-state index in [0.29, 0.717) is 24.4 Å². The van der Waals surface area contributed by atoms with E-state index in [1.165, 1.54) is 0 Å². The van der Waals surface area contributed by atoms with Crippen LogP contribution in [0.5, 0.6) is 5.75 Å². The minimum Gasteiger partial charge on any atom is -0.492 e. The number of benzene rings is 2. The molecule has 0 saturated heterocycles. The van der Waals surface area contributed by atoms with Crippen LogP contribution in [0.1, 0.15) is 5.56 Å². The van der Waals surface area contributed by atoms with Crippen molar-refractivity contribution in [2.75, 3.05) is 24.2 Å². The predicted molar refractivity (Wildman–Crippen MR) is 76.0 cm³/mol. The Bertz CT molecular complexity index is 573. The number of rotatable bonds is 5. The van der Waals surface area contributed by atoms with E-state index in [9.17, 15) is 0 Å². The normalized spacial score (nSPS) is 9.63. The number of nitrogens with two attached hydrogens (primary N) is 1. The van der Waals surface area contributed by atoms with Gasteiger partial charge in [-0.1, -0.05) is 12.1 Å². The third-order valence-electron chi connectivity index (χ3n) is 2.61. The first kappa shape index (κ1) is 12.8. The minimum absolute atomic E-state index is 0.518. The maximum Gasteiger partial charge on any atom is 0.119 e. The maximum atomic E-state index is 8.95. The first-order chi connectivity index (χ1) is 9.29. The Hall–Kier alpha value is -2.67. The molecule has 19 heavy (non-hydrogen) atoms. The first-order valence-corrected chi connectivity index (χ1v) is 6.01. The van der Waals surface area contributed by atoms with Gasteiger partial charge in [-0.15, -0.1) is 0 Å². The van der Waals surface area contributed by atoms with Crippen molar-refractivity contribution in [1.82, 2.24) is 0 Å². The molecule has 0 aliphatic carbocycles. The Morgan fingerprint density at radius 1 is 1.11 bits per heavy atom. The molecular weight excluding hydrogens is 238 g/mol. The molecule has 0 radical (unpaired) electrons. The van der Waals surface area contributed by atoms with Gasteiger partial charge in [-0.2, -0.15) is 5.26 Å². The monoisotopic (exact) mass is 253 g/mol. The molecule has 0 aliphatic heterocycles. The highest BCUT2D eigenvalue weighted by atomic mass is 16.5. The van der Waals surface area contributed by atoms with Gasteiger partial charge in [0.1, 0.15) is 18.4 Å². The minimum atomic E-state index is 0.518. The van der Waals surface area contributed by atoms with Crippen molar-refractivity contribution in [3.05, 3.63) is 54.1 Å². The molecule has 0 amide bonds. The zero-order chi connectivity index (χ0) is 13.5. The Kier molecular flexibility index (Phi) is 4.25. The van der Waals surface area contributed by atoms with Gasteiger partial charge < -0.3 is 15.8 Å². The Morgan fingerprint density at radius 2 is 1.84 bits per heavy atom. The van der Waals surface area contributed by atoms with Crippen LogP contribution in [-0.4, -0.2) is 13.2 Å². The quantitative estimate of drug-likeness (QED) is 0.634. The second kappa shape index (κ2) is 6.31. The molecular formula is C15H15N3O. The average molecular weight is 253 g/mol. The fourth-order valence-corrected chi connectivity index (χ4v) is 1.65. The van der Waals surface area contributed by atoms with Gasteiger partial charge in [0, 0.05) is 12.2 Å². The summed E-state index contributed by atoms with van der Waals surface area (Å²) in [4.78, 5) is 0. The third kappa shape index (κ3) is 3.65. The van der Waals surface area contributed by atoms with Crippen LogP contribution in [0.2, 0.25) is 0 Å². The van der Waals surface area contributed by atoms with Gasteiger partial charge in [-0.05, 0) is 36.4 Å². The second-order valence-electron chi connectivity index (χ2n) is 4.00. The summed E-state index contributed by atoms with van der Waals surface area (Å²) in [5, 5.41) is 12.1. The number of nitriles is 1. The Labute approximate surface area is 112 Å². The zero-order valence-corrected chi connectivity index (χ0v) is 10.5. The number of nitrogen functional groups attached to an aromatic ring is 1. The van der Waals surface area contributed by atoms with Crippen LogP contribution in [0.25, 0.3) is 0 Å². The van der Waals surface area contributed by atoms with Crippen molar-refractivity contribution in [1.29, 1.82) is 5.26 Å². The highest BCUT2D eigenvalue weighted by Crippen LogP contribution is 2.14. The van der Waals surface area contributed by atoms with E-state index < -0.39 is 0 Å². The lowest BCUT2D eigenvalue weighted by Crippen LogP contribution is -2.12. The summed E-state index contributed by atoms with van der Waals surface area (Å²) < 4.78 is 5.56. The van der Waals surface area contributed by atoms with Gasteiger partial charge >= 0.3 is 0 Å². The predicted octanol–water partition coefficient (Wildman–Crippen LogP) is 2.63. The number of nitrogens with zero attached hydrogens (tertiary/aromatic N) is 1. The van der Waals surface area contributed by atoms with E-state index in [4.69, 9.17) is 15.7 Å². The first-order valence-electron chi connectivity index (χ1n) is 6.01. The van der Waals surface area contributed by atoms with Crippen molar-refractivity contribution in [3.63, 3.8) is 0 Å². The highest BCUT2D eigenvalue weighted by molar-refractivity contribution is 5.57. The fraction of sp³-hybridized carbons (Fsp3) is 0.133. The molecule has 2 rings (SSSR count). The van der Waals surface area contributed by atoms with Crippen LogP contribution in [-0.2, 0) is 0 Å². The molecule has 4 nitrogen and oxygen atoms in total. The van der Waals surface area contributed by atoms with Crippen molar-refractivity contribution in [2.45, 2.75) is 0 Å². The molecule has 0 aromatic heterocycles. The summed E-state index contributed by atoms with van der Waals surface area (Å²) in [5.74, 6) is 0.782. The summed E-state index contributed by atoms with van der Waals surface area (Å²) in [6.07, 6.45) is 0. The molecule has 0 fully saturated rings. The lowest BCUT2D eigenvalue weighted by Gasteiger charge is -2.09. The SMILES string of the molecule is N#Cc1ccccc1NCCOc1ccc(N)cc1. The van der Waals surface area contributed by atoms with E-state index in [1.54, 1.807) is 18.2 Å². The van der Waals surface area contributed by atoms with Crippen LogP contribution < -0.4 is 15.8 Å².